The molecule has 2 aromatic heterocycles. The van der Waals surface area contributed by atoms with Crippen molar-refractivity contribution in [2.24, 2.45) is 0 Å². The summed E-state index contributed by atoms with van der Waals surface area (Å²) in [6, 6.07) is 72.3. The first-order valence-corrected chi connectivity index (χ1v) is 19.5. The molecule has 0 aliphatic carbocycles. The summed E-state index contributed by atoms with van der Waals surface area (Å²) in [5.41, 5.74) is 12.3. The normalized spacial score (nSPS) is 11.6. The molecule has 2 nitrogen and oxygen atoms in total. The molecule has 0 aliphatic rings. The molecule has 0 fully saturated rings. The van der Waals surface area contributed by atoms with Gasteiger partial charge >= 0.3 is 0 Å². The lowest BCUT2D eigenvalue weighted by Crippen LogP contribution is -2.11. The Kier molecular flexibility index (Phi) is 7.39. The summed E-state index contributed by atoms with van der Waals surface area (Å²) in [6.45, 7) is 0. The Labute approximate surface area is 322 Å². The highest BCUT2D eigenvalue weighted by molar-refractivity contribution is 7.25. The molecular formula is C52H33NOS. The van der Waals surface area contributed by atoms with Crippen molar-refractivity contribution in [3.8, 4) is 33.4 Å². The molecule has 0 radical (unpaired) electrons. The third-order valence-electron chi connectivity index (χ3n) is 10.9. The fraction of sp³-hybridized carbons (Fsp3) is 0. The molecule has 55 heavy (non-hydrogen) atoms. The molecule has 2 heterocycles. The lowest BCUT2D eigenvalue weighted by Gasteiger charge is -2.28. The minimum Gasteiger partial charge on any atom is -0.456 e. The summed E-state index contributed by atoms with van der Waals surface area (Å²) in [7, 11) is 0. The topological polar surface area (TPSA) is 16.4 Å². The van der Waals surface area contributed by atoms with Crippen molar-refractivity contribution in [3.63, 3.8) is 0 Å². The van der Waals surface area contributed by atoms with Crippen LogP contribution in [0.5, 0.6) is 0 Å². The van der Waals surface area contributed by atoms with Crippen molar-refractivity contribution in [2.45, 2.75) is 0 Å². The summed E-state index contributed by atoms with van der Waals surface area (Å²) in [5.74, 6) is 0. The van der Waals surface area contributed by atoms with Crippen LogP contribution in [-0.2, 0) is 0 Å². The van der Waals surface area contributed by atoms with Crippen LogP contribution in [0.3, 0.4) is 0 Å². The molecular weight excluding hydrogens is 687 g/mol. The Bertz CT molecular complexity index is 3200. The van der Waals surface area contributed by atoms with E-state index in [0.29, 0.717) is 0 Å². The van der Waals surface area contributed by atoms with Crippen LogP contribution in [0, 0.1) is 0 Å². The fourth-order valence-corrected chi connectivity index (χ4v) is 9.43. The minimum absolute atomic E-state index is 0.907. The van der Waals surface area contributed by atoms with Gasteiger partial charge in [-0.15, -0.1) is 11.3 Å². The second-order valence-electron chi connectivity index (χ2n) is 14.1. The predicted molar refractivity (Wildman–Crippen MR) is 235 cm³/mol. The maximum Gasteiger partial charge on any atom is 0.135 e. The van der Waals surface area contributed by atoms with Crippen molar-refractivity contribution in [3.05, 3.63) is 200 Å². The van der Waals surface area contributed by atoms with E-state index in [4.69, 9.17) is 4.42 Å². The second kappa shape index (κ2) is 12.9. The number of rotatable bonds is 6. The first-order valence-electron chi connectivity index (χ1n) is 18.7. The maximum atomic E-state index is 6.14. The standard InChI is InChI=1S/C52H33NOS/c1-2-13-40-35(11-1)12-9-17-41(40)36-25-30-39(31-26-36)53(38-28-23-34(24-29-38)37-27-32-49-46(33-37)43-15-4-7-20-48(43)54-49)47-19-6-3-14-42(47)44-18-10-22-51-52(44)45-16-5-8-21-50(45)55-51/h1-33H. The van der Waals surface area contributed by atoms with Crippen molar-refractivity contribution in [1.29, 1.82) is 0 Å². The van der Waals surface area contributed by atoms with E-state index in [1.54, 1.807) is 0 Å². The quantitative estimate of drug-likeness (QED) is 0.170. The lowest BCUT2D eigenvalue weighted by molar-refractivity contribution is 0.669. The average molecular weight is 720 g/mol. The van der Waals surface area contributed by atoms with Crippen LogP contribution in [0.1, 0.15) is 0 Å². The third-order valence-corrected chi connectivity index (χ3v) is 12.0. The summed E-state index contributed by atoms with van der Waals surface area (Å²) in [4.78, 5) is 2.41. The Morgan fingerprint density at radius 2 is 0.945 bits per heavy atom. The number of para-hydroxylation sites is 2. The highest BCUT2D eigenvalue weighted by Gasteiger charge is 2.20. The van der Waals surface area contributed by atoms with Gasteiger partial charge in [0.2, 0.25) is 0 Å². The minimum atomic E-state index is 0.907. The molecule has 0 unspecified atom stereocenters. The van der Waals surface area contributed by atoms with Gasteiger partial charge < -0.3 is 9.32 Å². The van der Waals surface area contributed by atoms with Gasteiger partial charge in [0.05, 0.1) is 5.69 Å². The van der Waals surface area contributed by atoms with Crippen LogP contribution in [0.2, 0.25) is 0 Å². The van der Waals surface area contributed by atoms with Crippen molar-refractivity contribution in [2.75, 3.05) is 4.90 Å². The highest BCUT2D eigenvalue weighted by Crippen LogP contribution is 2.46. The van der Waals surface area contributed by atoms with Crippen LogP contribution in [0.25, 0.3) is 86.3 Å². The number of nitrogens with zero attached hydrogens (tertiary/aromatic N) is 1. The van der Waals surface area contributed by atoms with E-state index in [1.807, 2.05) is 23.5 Å². The maximum absolute atomic E-state index is 6.14. The van der Waals surface area contributed by atoms with Crippen LogP contribution in [0.4, 0.5) is 17.1 Å². The van der Waals surface area contributed by atoms with E-state index in [-0.39, 0.29) is 0 Å². The average Bonchev–Trinajstić information content (AvgIpc) is 3.83. The Balaban J connectivity index is 1.07. The zero-order valence-electron chi connectivity index (χ0n) is 29.8. The SMILES string of the molecule is c1ccc(N(c2ccc(-c3ccc4oc5ccccc5c4c3)cc2)c2ccc(-c3cccc4ccccc34)cc2)c(-c2cccc3sc4ccccc4c23)c1. The van der Waals surface area contributed by atoms with E-state index >= 15 is 0 Å². The van der Waals surface area contributed by atoms with Gasteiger partial charge in [-0.05, 0) is 99.3 Å². The summed E-state index contributed by atoms with van der Waals surface area (Å²) in [6.07, 6.45) is 0. The first-order chi connectivity index (χ1) is 27.3. The van der Waals surface area contributed by atoms with Crippen molar-refractivity contribution < 1.29 is 4.42 Å². The summed E-state index contributed by atoms with van der Waals surface area (Å²) in [5, 5.41) is 7.38. The van der Waals surface area contributed by atoms with Gasteiger partial charge in [-0.25, -0.2) is 0 Å². The molecule has 11 rings (SSSR count). The Morgan fingerprint density at radius 1 is 0.364 bits per heavy atom. The summed E-state index contributed by atoms with van der Waals surface area (Å²) < 4.78 is 8.74. The Hall–Kier alpha value is -6.94. The molecule has 0 atom stereocenters. The highest BCUT2D eigenvalue weighted by atomic mass is 32.1. The van der Waals surface area contributed by atoms with E-state index in [9.17, 15) is 0 Å². The number of hydrogen-bond acceptors (Lipinski definition) is 3. The molecule has 0 amide bonds. The Morgan fingerprint density at radius 3 is 1.80 bits per heavy atom. The van der Waals surface area contributed by atoms with E-state index in [2.05, 4.69) is 193 Å². The first kappa shape index (κ1) is 31.6. The van der Waals surface area contributed by atoms with E-state index < -0.39 is 0 Å². The number of anilines is 3. The number of furan rings is 1. The van der Waals surface area contributed by atoms with Gasteiger partial charge in [-0.3, -0.25) is 0 Å². The van der Waals surface area contributed by atoms with Crippen molar-refractivity contribution >= 4 is 81.3 Å². The molecule has 11 aromatic rings. The second-order valence-corrected chi connectivity index (χ2v) is 15.1. The number of thiophene rings is 1. The zero-order chi connectivity index (χ0) is 36.3. The predicted octanol–water partition coefficient (Wildman–Crippen LogP) is 15.6. The van der Waals surface area contributed by atoms with E-state index in [1.165, 1.54) is 53.2 Å². The van der Waals surface area contributed by atoms with Gasteiger partial charge in [0.1, 0.15) is 11.2 Å². The smallest absolute Gasteiger partial charge is 0.135 e. The molecule has 0 saturated carbocycles. The molecule has 0 bridgehead atoms. The van der Waals surface area contributed by atoms with Gasteiger partial charge in [-0.1, -0.05) is 140 Å². The van der Waals surface area contributed by atoms with Crippen LogP contribution >= 0.6 is 11.3 Å². The monoisotopic (exact) mass is 719 g/mol. The zero-order valence-corrected chi connectivity index (χ0v) is 30.6. The molecule has 258 valence electrons. The van der Waals surface area contributed by atoms with Crippen LogP contribution < -0.4 is 4.90 Å². The number of fused-ring (bicyclic) bond motifs is 7. The molecule has 0 saturated heterocycles. The van der Waals surface area contributed by atoms with Gasteiger partial charge in [0, 0.05) is 47.9 Å². The third kappa shape index (κ3) is 5.32. The number of hydrogen-bond donors (Lipinski definition) is 0. The van der Waals surface area contributed by atoms with Crippen molar-refractivity contribution in [1.82, 2.24) is 0 Å². The molecule has 9 aromatic carbocycles. The molecule has 0 aliphatic heterocycles. The van der Waals surface area contributed by atoms with Crippen LogP contribution in [0.15, 0.2) is 205 Å². The largest absolute Gasteiger partial charge is 0.456 e. The van der Waals surface area contributed by atoms with Gasteiger partial charge in [-0.2, -0.15) is 0 Å². The molecule has 0 N–H and O–H groups in total. The summed E-state index contributed by atoms with van der Waals surface area (Å²) >= 11 is 1.86. The van der Waals surface area contributed by atoms with Gasteiger partial charge in [0.15, 0.2) is 0 Å². The molecule has 0 spiro atoms. The van der Waals surface area contributed by atoms with E-state index in [0.717, 1.165) is 50.1 Å². The van der Waals surface area contributed by atoms with Gasteiger partial charge in [0.25, 0.3) is 0 Å². The number of benzene rings is 9. The lowest BCUT2D eigenvalue weighted by atomic mass is 9.96. The van der Waals surface area contributed by atoms with Crippen LogP contribution in [-0.4, -0.2) is 0 Å². The fourth-order valence-electron chi connectivity index (χ4n) is 8.30. The molecule has 3 heteroatoms.